The van der Waals surface area contributed by atoms with Gasteiger partial charge in [0.1, 0.15) is 11.3 Å². The summed E-state index contributed by atoms with van der Waals surface area (Å²) in [7, 11) is 0. The number of fused-ring (bicyclic) bond motifs is 8. The van der Waals surface area contributed by atoms with Gasteiger partial charge in [-0.05, 0) is 53.6 Å². The van der Waals surface area contributed by atoms with Crippen LogP contribution >= 0.6 is 11.3 Å². The zero-order valence-corrected chi connectivity index (χ0v) is 21.2. The van der Waals surface area contributed by atoms with E-state index in [1.54, 1.807) is 0 Å². The minimum Gasteiger partial charge on any atom is -0.455 e. The summed E-state index contributed by atoms with van der Waals surface area (Å²) >= 11 is 1.81. The summed E-state index contributed by atoms with van der Waals surface area (Å²) in [6, 6.07) is 29.8. The molecule has 0 spiro atoms. The lowest BCUT2D eigenvalue weighted by molar-refractivity contribution is 0.634. The molecule has 0 saturated carbocycles. The highest BCUT2D eigenvalue weighted by Crippen LogP contribution is 2.53. The average molecular weight is 505 g/mol. The van der Waals surface area contributed by atoms with Gasteiger partial charge in [0.15, 0.2) is 5.82 Å². The molecule has 4 aromatic carbocycles. The number of rotatable bonds is 2. The Bertz CT molecular complexity index is 2130. The molecular formula is C34H20N2OS. The van der Waals surface area contributed by atoms with Gasteiger partial charge in [0.2, 0.25) is 0 Å². The van der Waals surface area contributed by atoms with Gasteiger partial charge in [-0.15, -0.1) is 11.3 Å². The van der Waals surface area contributed by atoms with E-state index in [0.29, 0.717) is 0 Å². The molecule has 3 aromatic heterocycles. The molecule has 4 heteroatoms. The zero-order chi connectivity index (χ0) is 24.8. The quantitative estimate of drug-likeness (QED) is 0.235. The SMILES string of the molecule is C1=Cc2sc3c(-c4ccccc4)nc(-c4ccc5c6c(cccc46)-c4c-5oc5ccccc45)nc3c2CC1. The van der Waals surface area contributed by atoms with Crippen LogP contribution in [0.2, 0.25) is 0 Å². The van der Waals surface area contributed by atoms with E-state index in [0.717, 1.165) is 68.7 Å². The molecule has 3 nitrogen and oxygen atoms in total. The largest absolute Gasteiger partial charge is 0.455 e. The van der Waals surface area contributed by atoms with Crippen molar-refractivity contribution in [3.63, 3.8) is 0 Å². The average Bonchev–Trinajstić information content (AvgIpc) is 3.64. The molecule has 0 radical (unpaired) electrons. The monoisotopic (exact) mass is 504 g/mol. The van der Waals surface area contributed by atoms with Crippen molar-refractivity contribution in [3.05, 3.63) is 101 Å². The predicted molar refractivity (Wildman–Crippen MR) is 157 cm³/mol. The lowest BCUT2D eigenvalue weighted by Crippen LogP contribution is -1.97. The number of thiophene rings is 1. The van der Waals surface area contributed by atoms with E-state index in [4.69, 9.17) is 14.4 Å². The number of nitrogens with zero attached hydrogens (tertiary/aromatic N) is 2. The van der Waals surface area contributed by atoms with Crippen LogP contribution in [0.3, 0.4) is 0 Å². The summed E-state index contributed by atoms with van der Waals surface area (Å²) in [4.78, 5) is 11.8. The Kier molecular flexibility index (Phi) is 4.05. The minimum atomic E-state index is 0.781. The topological polar surface area (TPSA) is 38.9 Å². The molecule has 0 atom stereocenters. The molecule has 0 N–H and O–H groups in total. The van der Waals surface area contributed by atoms with Gasteiger partial charge in [0.25, 0.3) is 0 Å². The summed E-state index contributed by atoms with van der Waals surface area (Å²) in [5, 5.41) is 3.55. The number of para-hydroxylation sites is 1. The summed E-state index contributed by atoms with van der Waals surface area (Å²) < 4.78 is 7.55. The number of aromatic nitrogens is 2. The number of hydrogen-bond donors (Lipinski definition) is 0. The fourth-order valence-corrected chi connectivity index (χ4v) is 7.48. The fourth-order valence-electron chi connectivity index (χ4n) is 6.25. The van der Waals surface area contributed by atoms with Gasteiger partial charge in [-0.2, -0.15) is 0 Å². The normalized spacial score (nSPS) is 13.5. The van der Waals surface area contributed by atoms with Crippen LogP contribution in [0.1, 0.15) is 16.9 Å². The molecule has 3 heterocycles. The van der Waals surface area contributed by atoms with Crippen molar-refractivity contribution < 1.29 is 4.42 Å². The highest BCUT2D eigenvalue weighted by atomic mass is 32.1. The number of hydrogen-bond acceptors (Lipinski definition) is 4. The first-order valence-corrected chi connectivity index (χ1v) is 13.8. The Morgan fingerprint density at radius 2 is 1.58 bits per heavy atom. The Morgan fingerprint density at radius 3 is 2.53 bits per heavy atom. The summed E-state index contributed by atoms with van der Waals surface area (Å²) in [5.74, 6) is 1.74. The second-order valence-electron chi connectivity index (χ2n) is 10.0. The number of aryl methyl sites for hydroxylation is 1. The maximum Gasteiger partial charge on any atom is 0.161 e. The van der Waals surface area contributed by atoms with Crippen molar-refractivity contribution in [2.24, 2.45) is 0 Å². The van der Waals surface area contributed by atoms with Crippen molar-refractivity contribution in [1.29, 1.82) is 0 Å². The molecule has 0 fully saturated rings. The van der Waals surface area contributed by atoms with Crippen molar-refractivity contribution in [3.8, 4) is 45.1 Å². The number of allylic oxidation sites excluding steroid dienone is 1. The van der Waals surface area contributed by atoms with Gasteiger partial charge < -0.3 is 4.42 Å². The molecule has 0 unspecified atom stereocenters. The number of benzene rings is 4. The summed E-state index contributed by atoms with van der Waals surface area (Å²) in [6.07, 6.45) is 6.60. The molecule has 9 rings (SSSR count). The molecule has 38 heavy (non-hydrogen) atoms. The second kappa shape index (κ2) is 7.50. The minimum absolute atomic E-state index is 0.781. The smallest absolute Gasteiger partial charge is 0.161 e. The summed E-state index contributed by atoms with van der Waals surface area (Å²) in [6.45, 7) is 0. The van der Waals surface area contributed by atoms with Gasteiger partial charge >= 0.3 is 0 Å². The van der Waals surface area contributed by atoms with Crippen LogP contribution in [0.5, 0.6) is 0 Å². The van der Waals surface area contributed by atoms with Crippen molar-refractivity contribution in [2.75, 3.05) is 0 Å². The highest BCUT2D eigenvalue weighted by molar-refractivity contribution is 7.20. The van der Waals surface area contributed by atoms with E-state index in [2.05, 4.69) is 84.9 Å². The molecule has 0 bridgehead atoms. The number of furan rings is 1. The third-order valence-electron chi connectivity index (χ3n) is 7.93. The predicted octanol–water partition coefficient (Wildman–Crippen LogP) is 9.53. The van der Waals surface area contributed by atoms with E-state index < -0.39 is 0 Å². The second-order valence-corrected chi connectivity index (χ2v) is 11.1. The zero-order valence-electron chi connectivity index (χ0n) is 20.4. The standard InChI is InChI=1S/C34H20N2OS/c1-2-9-19(10-3-1)30-33-31(23-12-5-7-16-27(23)38-33)36-34(35-30)21-17-18-25-28-20(21)13-8-14-24(28)29-22-11-4-6-15-26(22)37-32(25)29/h1-4,6-11,13-18H,5,12H2. The van der Waals surface area contributed by atoms with E-state index in [9.17, 15) is 0 Å². The third-order valence-corrected chi connectivity index (χ3v) is 9.12. The Morgan fingerprint density at radius 1 is 0.737 bits per heavy atom. The van der Waals surface area contributed by atoms with Crippen LogP contribution in [-0.2, 0) is 6.42 Å². The third kappa shape index (κ3) is 2.67. The molecule has 2 aliphatic carbocycles. The van der Waals surface area contributed by atoms with E-state index >= 15 is 0 Å². The fraction of sp³-hybridized carbons (Fsp3) is 0.0588. The Labute approximate surface area is 222 Å². The van der Waals surface area contributed by atoms with Crippen LogP contribution in [0.15, 0.2) is 95.4 Å². The first kappa shape index (κ1) is 20.5. The van der Waals surface area contributed by atoms with Gasteiger partial charge in [-0.1, -0.05) is 72.8 Å². The van der Waals surface area contributed by atoms with Gasteiger partial charge in [-0.25, -0.2) is 9.97 Å². The Hall–Kier alpha value is -4.54. The van der Waals surface area contributed by atoms with E-state index in [-0.39, 0.29) is 0 Å². The molecular weight excluding hydrogens is 484 g/mol. The van der Waals surface area contributed by atoms with Crippen LogP contribution in [0, 0.1) is 0 Å². The van der Waals surface area contributed by atoms with E-state index in [1.807, 2.05) is 23.5 Å². The van der Waals surface area contributed by atoms with Crippen molar-refractivity contribution in [1.82, 2.24) is 9.97 Å². The van der Waals surface area contributed by atoms with Gasteiger partial charge in [-0.3, -0.25) is 0 Å². The first-order valence-electron chi connectivity index (χ1n) is 13.0. The van der Waals surface area contributed by atoms with Gasteiger partial charge in [0.05, 0.1) is 15.9 Å². The molecule has 2 aliphatic rings. The molecule has 0 saturated heterocycles. The maximum atomic E-state index is 6.38. The van der Waals surface area contributed by atoms with Crippen LogP contribution in [-0.4, -0.2) is 9.97 Å². The van der Waals surface area contributed by atoms with Crippen LogP contribution in [0.25, 0.3) is 83.1 Å². The Balaban J connectivity index is 1.34. The maximum absolute atomic E-state index is 6.38. The van der Waals surface area contributed by atoms with Crippen molar-refractivity contribution >= 4 is 49.4 Å². The lowest BCUT2D eigenvalue weighted by atomic mass is 9.97. The first-order chi connectivity index (χ1) is 18.8. The van der Waals surface area contributed by atoms with Crippen molar-refractivity contribution in [2.45, 2.75) is 12.8 Å². The molecule has 178 valence electrons. The van der Waals surface area contributed by atoms with E-state index in [1.165, 1.54) is 31.7 Å². The van der Waals surface area contributed by atoms with Gasteiger partial charge in [0, 0.05) is 37.9 Å². The molecule has 0 aliphatic heterocycles. The molecule has 7 aromatic rings. The van der Waals surface area contributed by atoms with Crippen LogP contribution in [0.4, 0.5) is 0 Å². The highest BCUT2D eigenvalue weighted by Gasteiger charge is 2.29. The lowest BCUT2D eigenvalue weighted by Gasteiger charge is -2.11. The summed E-state index contributed by atoms with van der Waals surface area (Å²) in [5.41, 5.74) is 10.1. The molecule has 0 amide bonds. The van der Waals surface area contributed by atoms with Crippen LogP contribution < -0.4 is 0 Å².